The summed E-state index contributed by atoms with van der Waals surface area (Å²) in [7, 11) is 0. The van der Waals surface area contributed by atoms with Crippen molar-refractivity contribution in [3.8, 4) is 11.1 Å². The maximum Gasteiger partial charge on any atom is 0.173 e. The van der Waals surface area contributed by atoms with Crippen LogP contribution in [0.1, 0.15) is 40.4 Å². The van der Waals surface area contributed by atoms with E-state index >= 15 is 0 Å². The molecule has 146 valence electrons. The van der Waals surface area contributed by atoms with Crippen LogP contribution in [0.2, 0.25) is 0 Å². The molecule has 4 aromatic carbocycles. The van der Waals surface area contributed by atoms with Crippen molar-refractivity contribution in [2.75, 3.05) is 6.61 Å². The van der Waals surface area contributed by atoms with Crippen molar-refractivity contribution >= 4 is 28.3 Å². The number of ketones is 1. The van der Waals surface area contributed by atoms with Crippen LogP contribution in [-0.2, 0) is 4.74 Å². The highest BCUT2D eigenvalue weighted by atomic mass is 32.2. The van der Waals surface area contributed by atoms with E-state index in [-0.39, 0.29) is 17.8 Å². The highest BCUT2D eigenvalue weighted by molar-refractivity contribution is 7.99. The first-order chi connectivity index (χ1) is 14.8. The molecule has 0 fully saturated rings. The summed E-state index contributed by atoms with van der Waals surface area (Å²) in [4.78, 5) is 16.3. The lowest BCUT2D eigenvalue weighted by molar-refractivity contribution is 0.0375. The molecule has 0 saturated carbocycles. The van der Waals surface area contributed by atoms with Gasteiger partial charge in [0, 0.05) is 32.7 Å². The normalized spacial score (nSPS) is 19.0. The van der Waals surface area contributed by atoms with Gasteiger partial charge < -0.3 is 4.74 Å². The molecule has 6 rings (SSSR count). The van der Waals surface area contributed by atoms with Gasteiger partial charge in [0.2, 0.25) is 0 Å². The molecule has 4 aromatic rings. The van der Waals surface area contributed by atoms with Gasteiger partial charge in [-0.25, -0.2) is 0 Å². The highest BCUT2D eigenvalue weighted by Crippen LogP contribution is 2.53. The number of carbonyl (C=O) groups is 1. The summed E-state index contributed by atoms with van der Waals surface area (Å²) < 4.78 is 6.24. The van der Waals surface area contributed by atoms with E-state index in [0.29, 0.717) is 6.61 Å². The van der Waals surface area contributed by atoms with E-state index in [1.165, 1.54) is 26.3 Å². The van der Waals surface area contributed by atoms with E-state index in [9.17, 15) is 4.79 Å². The van der Waals surface area contributed by atoms with Gasteiger partial charge in [0.25, 0.3) is 0 Å². The van der Waals surface area contributed by atoms with Gasteiger partial charge in [-0.1, -0.05) is 72.4 Å². The lowest BCUT2D eigenvalue weighted by Crippen LogP contribution is -2.28. The average Bonchev–Trinajstić information content (AvgIpc) is 2.79. The predicted molar refractivity (Wildman–Crippen MR) is 121 cm³/mol. The molecule has 0 aromatic heterocycles. The zero-order chi connectivity index (χ0) is 20.2. The Morgan fingerprint density at radius 2 is 1.53 bits per heavy atom. The van der Waals surface area contributed by atoms with Crippen LogP contribution in [0.5, 0.6) is 0 Å². The Morgan fingerprint density at radius 1 is 0.767 bits per heavy atom. The van der Waals surface area contributed by atoms with E-state index in [2.05, 4.69) is 42.5 Å². The van der Waals surface area contributed by atoms with Crippen molar-refractivity contribution in [1.29, 1.82) is 0 Å². The molecule has 1 heterocycles. The zero-order valence-electron chi connectivity index (χ0n) is 16.6. The number of Topliss-reactive ketones (excluding diaryl/α,β-unsaturated/α-hetero) is 1. The molecular formula is C27H20O2S. The number of hydrogen-bond acceptors (Lipinski definition) is 3. The third-order valence-corrected chi connectivity index (χ3v) is 7.35. The fourth-order valence-electron chi connectivity index (χ4n) is 4.98. The molecule has 0 amide bonds. The van der Waals surface area contributed by atoms with Crippen LogP contribution in [-0.4, -0.2) is 12.4 Å². The van der Waals surface area contributed by atoms with Crippen molar-refractivity contribution in [3.05, 3.63) is 95.6 Å². The summed E-state index contributed by atoms with van der Waals surface area (Å²) in [5.41, 5.74) is 5.40. The van der Waals surface area contributed by atoms with Crippen LogP contribution in [0.25, 0.3) is 21.9 Å². The first-order valence-corrected chi connectivity index (χ1v) is 11.2. The molecule has 30 heavy (non-hydrogen) atoms. The molecule has 0 spiro atoms. The molecule has 1 aliphatic heterocycles. The quantitative estimate of drug-likeness (QED) is 0.321. The van der Waals surface area contributed by atoms with Crippen LogP contribution >= 0.6 is 11.8 Å². The molecule has 0 N–H and O–H groups in total. The minimum absolute atomic E-state index is 0.153. The summed E-state index contributed by atoms with van der Waals surface area (Å²) in [5, 5.41) is 2.26. The largest absolute Gasteiger partial charge is 0.373 e. The van der Waals surface area contributed by atoms with Crippen molar-refractivity contribution in [1.82, 2.24) is 0 Å². The Bertz CT molecular complexity index is 1310. The van der Waals surface area contributed by atoms with Crippen molar-refractivity contribution in [2.24, 2.45) is 0 Å². The van der Waals surface area contributed by atoms with Gasteiger partial charge in [0.05, 0.1) is 12.0 Å². The standard InChI is InChI=1S/C27H20O2S/c1-2-29-27-20-13-12-18-17-10-6-7-11-21(17)30-22-15-14-19(24(20)25(18)22)26(28)23(27)16-8-4-3-5-9-16/h3-15,23,27H,2H2,1H3. The average molecular weight is 409 g/mol. The third kappa shape index (κ3) is 2.46. The van der Waals surface area contributed by atoms with E-state index < -0.39 is 0 Å². The number of benzene rings is 4. The number of carbonyl (C=O) groups excluding carboxylic acids is 1. The fourth-order valence-corrected chi connectivity index (χ4v) is 6.10. The molecule has 3 heteroatoms. The second kappa shape index (κ2) is 6.83. The molecular weight excluding hydrogens is 388 g/mol. The molecule has 0 saturated heterocycles. The topological polar surface area (TPSA) is 26.3 Å². The smallest absolute Gasteiger partial charge is 0.173 e. The van der Waals surface area contributed by atoms with Crippen molar-refractivity contribution in [3.63, 3.8) is 0 Å². The second-order valence-corrected chi connectivity index (χ2v) is 8.87. The Kier molecular flexibility index (Phi) is 4.08. The molecule has 1 aliphatic carbocycles. The number of fused-ring (bicyclic) bond motifs is 2. The van der Waals surface area contributed by atoms with Crippen LogP contribution in [0.15, 0.2) is 88.7 Å². The predicted octanol–water partition coefficient (Wildman–Crippen LogP) is 7.03. The molecule has 0 bridgehead atoms. The Morgan fingerprint density at radius 3 is 2.37 bits per heavy atom. The lowest BCUT2D eigenvalue weighted by Gasteiger charge is -2.34. The molecule has 0 radical (unpaired) electrons. The second-order valence-electron chi connectivity index (χ2n) is 7.79. The molecule has 2 nitrogen and oxygen atoms in total. The van der Waals surface area contributed by atoms with Gasteiger partial charge in [-0.15, -0.1) is 0 Å². The molecule has 2 atom stereocenters. The third-order valence-electron chi connectivity index (χ3n) is 6.21. The summed E-state index contributed by atoms with van der Waals surface area (Å²) >= 11 is 1.79. The fraction of sp³-hybridized carbons (Fsp3) is 0.148. The lowest BCUT2D eigenvalue weighted by atomic mass is 9.74. The van der Waals surface area contributed by atoms with Crippen LogP contribution in [0.4, 0.5) is 0 Å². The van der Waals surface area contributed by atoms with Gasteiger partial charge >= 0.3 is 0 Å². The van der Waals surface area contributed by atoms with Gasteiger partial charge in [0.15, 0.2) is 5.78 Å². The van der Waals surface area contributed by atoms with Crippen LogP contribution < -0.4 is 0 Å². The first kappa shape index (κ1) is 17.9. The van der Waals surface area contributed by atoms with Gasteiger partial charge in [-0.2, -0.15) is 0 Å². The SMILES string of the molecule is CCOC1c2ccc3c4c(ccc(c24)C(=O)C1c1ccccc1)Sc1ccccc1-3. The van der Waals surface area contributed by atoms with Crippen molar-refractivity contribution < 1.29 is 9.53 Å². The Balaban J connectivity index is 1.66. The summed E-state index contributed by atoms with van der Waals surface area (Å²) in [6.45, 7) is 2.57. The van der Waals surface area contributed by atoms with Crippen molar-refractivity contribution in [2.45, 2.75) is 28.7 Å². The molecule has 2 unspecified atom stereocenters. The van der Waals surface area contributed by atoms with E-state index in [4.69, 9.17) is 4.74 Å². The van der Waals surface area contributed by atoms with E-state index in [0.717, 1.165) is 22.1 Å². The highest BCUT2D eigenvalue weighted by Gasteiger charge is 2.40. The van der Waals surface area contributed by atoms with Gasteiger partial charge in [-0.05, 0) is 47.4 Å². The first-order valence-electron chi connectivity index (χ1n) is 10.4. The Hall–Kier alpha value is -2.88. The molecule has 2 aliphatic rings. The Labute approximate surface area is 179 Å². The summed E-state index contributed by atoms with van der Waals surface area (Å²) in [5.74, 6) is -0.166. The van der Waals surface area contributed by atoms with E-state index in [1.54, 1.807) is 11.8 Å². The van der Waals surface area contributed by atoms with E-state index in [1.807, 2.05) is 43.3 Å². The monoisotopic (exact) mass is 408 g/mol. The minimum Gasteiger partial charge on any atom is -0.373 e. The summed E-state index contributed by atoms with van der Waals surface area (Å²) in [6, 6.07) is 27.1. The number of ether oxygens (including phenoxy) is 1. The summed E-state index contributed by atoms with van der Waals surface area (Å²) in [6.07, 6.45) is -0.274. The number of hydrogen-bond donors (Lipinski definition) is 0. The van der Waals surface area contributed by atoms with Gasteiger partial charge in [-0.3, -0.25) is 4.79 Å². The van der Waals surface area contributed by atoms with Crippen LogP contribution in [0, 0.1) is 0 Å². The maximum absolute atomic E-state index is 13.8. The van der Waals surface area contributed by atoms with Gasteiger partial charge in [0.1, 0.15) is 0 Å². The maximum atomic E-state index is 13.8. The number of rotatable bonds is 3. The minimum atomic E-state index is -0.318. The zero-order valence-corrected chi connectivity index (χ0v) is 17.4. The van der Waals surface area contributed by atoms with Crippen LogP contribution in [0.3, 0.4) is 0 Å².